The normalized spacial score (nSPS) is 24.9. The first-order chi connectivity index (χ1) is 11.3. The van der Waals surface area contributed by atoms with Gasteiger partial charge in [-0.3, -0.25) is 4.79 Å². The Labute approximate surface area is 140 Å². The zero-order chi connectivity index (χ0) is 17.3. The standard InChI is InChI=1S/C18H23F3N2O/c1-12-11-23(17(24)14-5-6-14)8-7-16(12)22-10-13-3-2-4-15(9-13)18(19,20)21/h2-4,9,12,14,16,22H,5-8,10-11H2,1H3. The van der Waals surface area contributed by atoms with E-state index in [-0.39, 0.29) is 17.9 Å². The molecule has 1 heterocycles. The first kappa shape index (κ1) is 17.3. The van der Waals surface area contributed by atoms with Gasteiger partial charge in [0.1, 0.15) is 0 Å². The van der Waals surface area contributed by atoms with Crippen LogP contribution < -0.4 is 5.32 Å². The maximum Gasteiger partial charge on any atom is 0.416 e. The molecule has 1 saturated carbocycles. The number of halogens is 3. The number of carbonyl (C=O) groups is 1. The van der Waals surface area contributed by atoms with Gasteiger partial charge in [-0.15, -0.1) is 0 Å². The molecule has 24 heavy (non-hydrogen) atoms. The predicted molar refractivity (Wildman–Crippen MR) is 85.2 cm³/mol. The number of nitrogens with one attached hydrogen (secondary N) is 1. The number of carbonyl (C=O) groups excluding carboxylic acids is 1. The van der Waals surface area contributed by atoms with Crippen molar-refractivity contribution in [3.63, 3.8) is 0 Å². The number of alkyl halides is 3. The number of rotatable bonds is 4. The van der Waals surface area contributed by atoms with E-state index in [0.29, 0.717) is 18.0 Å². The summed E-state index contributed by atoms with van der Waals surface area (Å²) in [6, 6.07) is 5.67. The van der Waals surface area contributed by atoms with E-state index in [1.165, 1.54) is 12.1 Å². The molecule has 1 aliphatic carbocycles. The topological polar surface area (TPSA) is 32.3 Å². The number of amides is 1. The number of benzene rings is 1. The van der Waals surface area contributed by atoms with E-state index >= 15 is 0 Å². The van der Waals surface area contributed by atoms with Gasteiger partial charge in [0, 0.05) is 31.6 Å². The molecule has 2 aliphatic rings. The maximum atomic E-state index is 12.8. The Morgan fingerprint density at radius 2 is 2.04 bits per heavy atom. The number of piperidine rings is 1. The van der Waals surface area contributed by atoms with Gasteiger partial charge < -0.3 is 10.2 Å². The number of nitrogens with zero attached hydrogens (tertiary/aromatic N) is 1. The first-order valence-corrected chi connectivity index (χ1v) is 8.53. The van der Waals surface area contributed by atoms with Crippen molar-refractivity contribution in [2.75, 3.05) is 13.1 Å². The van der Waals surface area contributed by atoms with Crippen molar-refractivity contribution in [2.45, 2.75) is 44.9 Å². The van der Waals surface area contributed by atoms with Crippen molar-refractivity contribution < 1.29 is 18.0 Å². The van der Waals surface area contributed by atoms with Crippen LogP contribution in [0.2, 0.25) is 0 Å². The van der Waals surface area contributed by atoms with E-state index in [0.717, 1.165) is 38.4 Å². The van der Waals surface area contributed by atoms with Crippen LogP contribution in [0.3, 0.4) is 0 Å². The smallest absolute Gasteiger partial charge is 0.342 e. The summed E-state index contributed by atoms with van der Waals surface area (Å²) in [7, 11) is 0. The molecule has 1 aromatic carbocycles. The molecule has 6 heteroatoms. The van der Waals surface area contributed by atoms with Crippen LogP contribution in [-0.2, 0) is 17.5 Å². The third-order valence-corrected chi connectivity index (χ3v) is 4.97. The highest BCUT2D eigenvalue weighted by atomic mass is 19.4. The minimum absolute atomic E-state index is 0.225. The van der Waals surface area contributed by atoms with Gasteiger partial charge in [-0.05, 0) is 36.8 Å². The summed E-state index contributed by atoms with van der Waals surface area (Å²) in [4.78, 5) is 14.1. The van der Waals surface area contributed by atoms with Crippen molar-refractivity contribution in [1.29, 1.82) is 0 Å². The zero-order valence-corrected chi connectivity index (χ0v) is 13.8. The van der Waals surface area contributed by atoms with Crippen LogP contribution in [0.4, 0.5) is 13.2 Å². The maximum absolute atomic E-state index is 12.8. The van der Waals surface area contributed by atoms with E-state index < -0.39 is 11.7 Å². The Hall–Kier alpha value is -1.56. The lowest BCUT2D eigenvalue weighted by atomic mass is 9.93. The summed E-state index contributed by atoms with van der Waals surface area (Å²) in [6.45, 7) is 3.97. The fourth-order valence-corrected chi connectivity index (χ4v) is 3.34. The average molecular weight is 340 g/mol. The van der Waals surface area contributed by atoms with Gasteiger partial charge in [-0.1, -0.05) is 25.1 Å². The highest BCUT2D eigenvalue weighted by molar-refractivity contribution is 5.81. The molecular weight excluding hydrogens is 317 g/mol. The lowest BCUT2D eigenvalue weighted by Crippen LogP contribution is -2.50. The molecule has 3 rings (SSSR count). The van der Waals surface area contributed by atoms with E-state index in [1.807, 2.05) is 4.90 Å². The molecule has 0 bridgehead atoms. The van der Waals surface area contributed by atoms with Crippen LogP contribution in [-0.4, -0.2) is 29.9 Å². The SMILES string of the molecule is CC1CN(C(=O)C2CC2)CCC1NCc1cccc(C(F)(F)F)c1. The molecule has 0 aromatic heterocycles. The van der Waals surface area contributed by atoms with Crippen molar-refractivity contribution in [3.05, 3.63) is 35.4 Å². The molecule has 1 N–H and O–H groups in total. The van der Waals surface area contributed by atoms with E-state index in [1.54, 1.807) is 6.07 Å². The summed E-state index contributed by atoms with van der Waals surface area (Å²) in [5.74, 6) is 0.817. The summed E-state index contributed by atoms with van der Waals surface area (Å²) in [5, 5.41) is 3.37. The Bertz CT molecular complexity index is 598. The van der Waals surface area contributed by atoms with Crippen LogP contribution in [0.15, 0.2) is 24.3 Å². The summed E-state index contributed by atoms with van der Waals surface area (Å²) >= 11 is 0. The van der Waals surface area contributed by atoms with Gasteiger partial charge in [0.15, 0.2) is 0 Å². The molecule has 0 spiro atoms. The van der Waals surface area contributed by atoms with Crippen molar-refractivity contribution in [2.24, 2.45) is 11.8 Å². The zero-order valence-electron chi connectivity index (χ0n) is 13.8. The van der Waals surface area contributed by atoms with E-state index in [2.05, 4.69) is 12.2 Å². The quantitative estimate of drug-likeness (QED) is 0.911. The fourth-order valence-electron chi connectivity index (χ4n) is 3.34. The average Bonchev–Trinajstić information content (AvgIpc) is 3.37. The van der Waals surface area contributed by atoms with Gasteiger partial charge >= 0.3 is 6.18 Å². The molecule has 2 atom stereocenters. The molecule has 0 radical (unpaired) electrons. The molecule has 2 unspecified atom stereocenters. The van der Waals surface area contributed by atoms with E-state index in [4.69, 9.17) is 0 Å². The molecular formula is C18H23F3N2O. The summed E-state index contributed by atoms with van der Waals surface area (Å²) in [6.07, 6.45) is -1.43. The first-order valence-electron chi connectivity index (χ1n) is 8.53. The lowest BCUT2D eigenvalue weighted by molar-refractivity contribution is -0.137. The highest BCUT2D eigenvalue weighted by Crippen LogP contribution is 2.33. The van der Waals surface area contributed by atoms with Gasteiger partial charge in [0.2, 0.25) is 5.91 Å². The Morgan fingerprint density at radius 1 is 1.29 bits per heavy atom. The van der Waals surface area contributed by atoms with Crippen molar-refractivity contribution >= 4 is 5.91 Å². The third kappa shape index (κ3) is 4.09. The van der Waals surface area contributed by atoms with Gasteiger partial charge in [-0.2, -0.15) is 13.2 Å². The molecule has 3 nitrogen and oxygen atoms in total. The molecule has 2 fully saturated rings. The Kier molecular flexibility index (Phi) is 4.85. The van der Waals surface area contributed by atoms with Crippen LogP contribution >= 0.6 is 0 Å². The van der Waals surface area contributed by atoms with Crippen molar-refractivity contribution in [1.82, 2.24) is 10.2 Å². The minimum atomic E-state index is -4.31. The molecule has 1 aliphatic heterocycles. The highest BCUT2D eigenvalue weighted by Gasteiger charge is 2.36. The number of hydrogen-bond acceptors (Lipinski definition) is 2. The monoisotopic (exact) mass is 340 g/mol. The van der Waals surface area contributed by atoms with Gasteiger partial charge in [-0.25, -0.2) is 0 Å². The van der Waals surface area contributed by atoms with Crippen LogP contribution in [0.5, 0.6) is 0 Å². The Balaban J connectivity index is 1.53. The molecule has 132 valence electrons. The number of likely N-dealkylation sites (tertiary alicyclic amines) is 1. The minimum Gasteiger partial charge on any atom is -0.342 e. The van der Waals surface area contributed by atoms with Crippen LogP contribution in [0.25, 0.3) is 0 Å². The second-order valence-corrected chi connectivity index (χ2v) is 7.01. The largest absolute Gasteiger partial charge is 0.416 e. The lowest BCUT2D eigenvalue weighted by Gasteiger charge is -2.37. The third-order valence-electron chi connectivity index (χ3n) is 4.97. The van der Waals surface area contributed by atoms with Gasteiger partial charge in [0.05, 0.1) is 5.56 Å². The van der Waals surface area contributed by atoms with Crippen molar-refractivity contribution in [3.8, 4) is 0 Å². The molecule has 1 aromatic rings. The Morgan fingerprint density at radius 3 is 2.67 bits per heavy atom. The van der Waals surface area contributed by atoms with Crippen LogP contribution in [0, 0.1) is 11.8 Å². The summed E-state index contributed by atoms with van der Waals surface area (Å²) < 4.78 is 38.3. The summed E-state index contributed by atoms with van der Waals surface area (Å²) in [5.41, 5.74) is 0.0215. The second-order valence-electron chi connectivity index (χ2n) is 7.01. The van der Waals surface area contributed by atoms with Crippen LogP contribution in [0.1, 0.15) is 37.3 Å². The molecule has 1 saturated heterocycles. The molecule has 1 amide bonds. The second kappa shape index (κ2) is 6.75. The predicted octanol–water partition coefficient (Wildman–Crippen LogP) is 3.44. The fraction of sp³-hybridized carbons (Fsp3) is 0.611. The van der Waals surface area contributed by atoms with E-state index in [9.17, 15) is 18.0 Å². The number of hydrogen-bond donors (Lipinski definition) is 1. The van der Waals surface area contributed by atoms with Gasteiger partial charge in [0.25, 0.3) is 0 Å².